The maximum atomic E-state index is 10.7. The highest BCUT2D eigenvalue weighted by Crippen LogP contribution is 2.16. The molecule has 0 saturated carbocycles. The van der Waals surface area contributed by atoms with Gasteiger partial charge in [0.15, 0.2) is 6.10 Å². The van der Waals surface area contributed by atoms with Crippen LogP contribution in [-0.2, 0) is 9.47 Å². The van der Waals surface area contributed by atoms with Gasteiger partial charge in [-0.2, -0.15) is 0 Å². The Morgan fingerprint density at radius 2 is 1.84 bits per heavy atom. The first-order valence-electron chi connectivity index (χ1n) is 5.55. The summed E-state index contributed by atoms with van der Waals surface area (Å²) in [4.78, 5) is 21.2. The van der Waals surface area contributed by atoms with Gasteiger partial charge < -0.3 is 25.7 Å². The summed E-state index contributed by atoms with van der Waals surface area (Å²) in [5.41, 5.74) is 10.7. The Kier molecular flexibility index (Phi) is 5.46. The number of hydrogen-bond donors (Lipinski definition) is 2. The lowest BCUT2D eigenvalue weighted by atomic mass is 10.2. The molecule has 4 N–H and O–H groups in total. The van der Waals surface area contributed by atoms with E-state index in [9.17, 15) is 9.59 Å². The number of amides is 2. The third-order valence-corrected chi connectivity index (χ3v) is 2.21. The Morgan fingerprint density at radius 1 is 1.16 bits per heavy atom. The van der Waals surface area contributed by atoms with Crippen molar-refractivity contribution in [2.45, 2.75) is 13.0 Å². The lowest BCUT2D eigenvalue weighted by Crippen LogP contribution is -2.33. The molecule has 2 amide bonds. The third-order valence-electron chi connectivity index (χ3n) is 2.21. The van der Waals surface area contributed by atoms with E-state index in [1.807, 2.05) is 25.1 Å². The average Bonchev–Trinajstić information content (AvgIpc) is 2.33. The summed E-state index contributed by atoms with van der Waals surface area (Å²) in [5.74, 6) is 0.639. The minimum Gasteiger partial charge on any atom is -0.489 e. The van der Waals surface area contributed by atoms with E-state index in [1.165, 1.54) is 0 Å². The molecular weight excluding hydrogens is 252 g/mol. The van der Waals surface area contributed by atoms with Crippen molar-refractivity contribution in [3.05, 3.63) is 29.8 Å². The molecule has 1 aromatic rings. The molecule has 1 rings (SSSR count). The van der Waals surface area contributed by atoms with Gasteiger partial charge in [0.2, 0.25) is 0 Å². The molecule has 104 valence electrons. The summed E-state index contributed by atoms with van der Waals surface area (Å²) < 4.78 is 14.8. The fourth-order valence-corrected chi connectivity index (χ4v) is 1.36. The number of rotatable bonds is 6. The number of carbonyl (C=O) groups excluding carboxylic acids is 2. The SMILES string of the molecule is Cc1ccccc1OCC(COC(N)=O)OC(N)=O. The molecule has 19 heavy (non-hydrogen) atoms. The molecule has 0 heterocycles. The van der Waals surface area contributed by atoms with E-state index < -0.39 is 18.3 Å². The largest absolute Gasteiger partial charge is 0.489 e. The van der Waals surface area contributed by atoms with Crippen LogP contribution < -0.4 is 16.2 Å². The normalized spacial score (nSPS) is 11.4. The van der Waals surface area contributed by atoms with Crippen molar-refractivity contribution in [2.24, 2.45) is 11.5 Å². The molecule has 1 atom stereocenters. The van der Waals surface area contributed by atoms with E-state index in [0.717, 1.165) is 5.56 Å². The van der Waals surface area contributed by atoms with Crippen LogP contribution in [0.25, 0.3) is 0 Å². The molecular formula is C12H16N2O5. The molecule has 0 aromatic heterocycles. The topological polar surface area (TPSA) is 114 Å². The van der Waals surface area contributed by atoms with Gasteiger partial charge in [-0.15, -0.1) is 0 Å². The fourth-order valence-electron chi connectivity index (χ4n) is 1.36. The van der Waals surface area contributed by atoms with Crippen LogP contribution in [-0.4, -0.2) is 31.5 Å². The van der Waals surface area contributed by atoms with Crippen LogP contribution in [0.4, 0.5) is 9.59 Å². The van der Waals surface area contributed by atoms with E-state index in [0.29, 0.717) is 5.75 Å². The van der Waals surface area contributed by atoms with E-state index in [4.69, 9.17) is 20.9 Å². The minimum atomic E-state index is -0.980. The first-order chi connectivity index (χ1) is 8.99. The molecule has 7 heteroatoms. The molecule has 7 nitrogen and oxygen atoms in total. The Morgan fingerprint density at radius 3 is 2.42 bits per heavy atom. The monoisotopic (exact) mass is 268 g/mol. The summed E-state index contributed by atoms with van der Waals surface area (Å²) in [6, 6.07) is 7.33. The van der Waals surface area contributed by atoms with Gasteiger partial charge in [-0.25, -0.2) is 9.59 Å². The van der Waals surface area contributed by atoms with Crippen LogP contribution in [0.1, 0.15) is 5.56 Å². The van der Waals surface area contributed by atoms with E-state index >= 15 is 0 Å². The van der Waals surface area contributed by atoms with Crippen LogP contribution in [0.5, 0.6) is 5.75 Å². The number of ether oxygens (including phenoxy) is 3. The number of hydrogen-bond acceptors (Lipinski definition) is 5. The molecule has 0 bridgehead atoms. The van der Waals surface area contributed by atoms with Gasteiger partial charge in [0.1, 0.15) is 19.0 Å². The van der Waals surface area contributed by atoms with E-state index in [2.05, 4.69) is 4.74 Å². The van der Waals surface area contributed by atoms with Gasteiger partial charge in [-0.05, 0) is 18.6 Å². The highest BCUT2D eigenvalue weighted by molar-refractivity contribution is 5.65. The van der Waals surface area contributed by atoms with Crippen molar-refractivity contribution in [3.8, 4) is 5.75 Å². The van der Waals surface area contributed by atoms with Crippen LogP contribution >= 0.6 is 0 Å². The first kappa shape index (κ1) is 14.6. The molecule has 0 fully saturated rings. The lowest BCUT2D eigenvalue weighted by molar-refractivity contribution is 0.0257. The highest BCUT2D eigenvalue weighted by atomic mass is 16.6. The lowest BCUT2D eigenvalue weighted by Gasteiger charge is -2.17. The van der Waals surface area contributed by atoms with E-state index in [-0.39, 0.29) is 13.2 Å². The van der Waals surface area contributed by atoms with Gasteiger partial charge >= 0.3 is 12.2 Å². The predicted molar refractivity (Wildman–Crippen MR) is 66.7 cm³/mol. The Bertz CT molecular complexity index is 450. The maximum Gasteiger partial charge on any atom is 0.405 e. The summed E-state index contributed by atoms with van der Waals surface area (Å²) in [6.45, 7) is 1.66. The average molecular weight is 268 g/mol. The van der Waals surface area contributed by atoms with Crippen LogP contribution in [0.15, 0.2) is 24.3 Å². The summed E-state index contributed by atoms with van der Waals surface area (Å²) in [5, 5.41) is 0. The third kappa shape index (κ3) is 5.62. The molecule has 0 aliphatic rings. The van der Waals surface area contributed by atoms with Crippen molar-refractivity contribution in [1.82, 2.24) is 0 Å². The van der Waals surface area contributed by atoms with Crippen LogP contribution in [0.2, 0.25) is 0 Å². The Labute approximate surface area is 110 Å². The van der Waals surface area contributed by atoms with Gasteiger partial charge in [-0.1, -0.05) is 18.2 Å². The van der Waals surface area contributed by atoms with Crippen LogP contribution in [0, 0.1) is 6.92 Å². The smallest absolute Gasteiger partial charge is 0.405 e. The summed E-state index contributed by atoms with van der Waals surface area (Å²) in [7, 11) is 0. The van der Waals surface area contributed by atoms with Crippen molar-refractivity contribution in [2.75, 3.05) is 13.2 Å². The summed E-state index contributed by atoms with van der Waals surface area (Å²) >= 11 is 0. The van der Waals surface area contributed by atoms with Gasteiger partial charge in [0, 0.05) is 0 Å². The highest BCUT2D eigenvalue weighted by Gasteiger charge is 2.16. The quantitative estimate of drug-likeness (QED) is 0.796. The second kappa shape index (κ2) is 7.10. The molecule has 0 aliphatic heterocycles. The zero-order valence-electron chi connectivity index (χ0n) is 10.5. The number of carbonyl (C=O) groups is 2. The van der Waals surface area contributed by atoms with Crippen molar-refractivity contribution in [1.29, 1.82) is 0 Å². The molecule has 0 spiro atoms. The predicted octanol–water partition coefficient (Wildman–Crippen LogP) is 0.933. The first-order valence-corrected chi connectivity index (χ1v) is 5.55. The number of aryl methyl sites for hydroxylation is 1. The summed E-state index contributed by atoms with van der Waals surface area (Å²) in [6.07, 6.45) is -2.76. The molecule has 0 radical (unpaired) electrons. The van der Waals surface area contributed by atoms with Gasteiger partial charge in [0.25, 0.3) is 0 Å². The number of para-hydroxylation sites is 1. The van der Waals surface area contributed by atoms with Gasteiger partial charge in [0.05, 0.1) is 0 Å². The van der Waals surface area contributed by atoms with Gasteiger partial charge in [-0.3, -0.25) is 0 Å². The van der Waals surface area contributed by atoms with Crippen LogP contribution in [0.3, 0.4) is 0 Å². The fraction of sp³-hybridized carbons (Fsp3) is 0.333. The van der Waals surface area contributed by atoms with E-state index in [1.54, 1.807) is 6.07 Å². The molecule has 0 aliphatic carbocycles. The molecule has 0 saturated heterocycles. The van der Waals surface area contributed by atoms with Crippen molar-refractivity contribution < 1.29 is 23.8 Å². The maximum absolute atomic E-state index is 10.7. The second-order valence-corrected chi connectivity index (χ2v) is 3.77. The zero-order valence-corrected chi connectivity index (χ0v) is 10.5. The number of benzene rings is 1. The minimum absolute atomic E-state index is 0.00106. The van der Waals surface area contributed by atoms with Crippen molar-refractivity contribution >= 4 is 12.2 Å². The zero-order chi connectivity index (χ0) is 14.3. The molecule has 1 unspecified atom stereocenters. The standard InChI is InChI=1S/C12H16N2O5/c1-8-4-2-3-5-10(8)17-6-9(19-12(14)16)7-18-11(13)15/h2-5,9H,6-7H2,1H3,(H2,13,15)(H2,14,16). The Balaban J connectivity index is 2.54. The second-order valence-electron chi connectivity index (χ2n) is 3.77. The molecule has 1 aromatic carbocycles. The Hall–Kier alpha value is -2.44. The number of primary amides is 2. The number of nitrogens with two attached hydrogens (primary N) is 2. The van der Waals surface area contributed by atoms with Crippen molar-refractivity contribution in [3.63, 3.8) is 0 Å².